The van der Waals surface area contributed by atoms with E-state index in [1.807, 2.05) is 21.6 Å². The van der Waals surface area contributed by atoms with Crippen LogP contribution in [0.4, 0.5) is 0 Å². The van der Waals surface area contributed by atoms with Crippen LogP contribution < -0.4 is 0 Å². The van der Waals surface area contributed by atoms with Crippen molar-refractivity contribution in [3.05, 3.63) is 74.8 Å². The van der Waals surface area contributed by atoms with Crippen LogP contribution in [0.25, 0.3) is 0 Å². The molecule has 1 aliphatic rings. The Hall–Kier alpha value is -2.36. The molecule has 1 aliphatic heterocycles. The highest BCUT2D eigenvalue weighted by Gasteiger charge is 2.33. The molecule has 0 aliphatic carbocycles. The first kappa shape index (κ1) is 18.7. The molecule has 5 rings (SSSR count). The standard InChI is InChI=1S/C20H18N4O2S3/c25-18(12-29-20-22-21-13-23(20)11-14-3-1-8-26-14)24-7-5-16-15(6-10-28-16)19(24)17-4-2-9-27-17/h1-4,6,8-10,13,19H,5,7,11-12H2. The molecule has 5 heterocycles. The van der Waals surface area contributed by atoms with Crippen LogP contribution in [0, 0.1) is 0 Å². The zero-order valence-corrected chi connectivity index (χ0v) is 17.9. The van der Waals surface area contributed by atoms with Crippen molar-refractivity contribution in [2.75, 3.05) is 12.3 Å². The topological polar surface area (TPSA) is 64.2 Å². The lowest BCUT2D eigenvalue weighted by Crippen LogP contribution is -2.40. The van der Waals surface area contributed by atoms with Gasteiger partial charge in [0.2, 0.25) is 5.91 Å². The van der Waals surface area contributed by atoms with Gasteiger partial charge in [0.25, 0.3) is 0 Å². The Balaban J connectivity index is 1.32. The van der Waals surface area contributed by atoms with Crippen LogP contribution >= 0.6 is 34.4 Å². The maximum Gasteiger partial charge on any atom is 0.233 e. The summed E-state index contributed by atoms with van der Waals surface area (Å²) >= 11 is 4.91. The van der Waals surface area contributed by atoms with Crippen molar-refractivity contribution in [2.24, 2.45) is 0 Å². The average Bonchev–Trinajstić information content (AvgIpc) is 3.54. The summed E-state index contributed by atoms with van der Waals surface area (Å²) in [5, 5.41) is 13.1. The molecule has 1 unspecified atom stereocenters. The number of hydrogen-bond donors (Lipinski definition) is 0. The summed E-state index contributed by atoms with van der Waals surface area (Å²) in [7, 11) is 0. The first-order chi connectivity index (χ1) is 14.3. The van der Waals surface area contributed by atoms with Crippen molar-refractivity contribution in [3.8, 4) is 0 Å². The summed E-state index contributed by atoms with van der Waals surface area (Å²) in [6.45, 7) is 1.30. The second-order valence-electron chi connectivity index (χ2n) is 6.66. The minimum atomic E-state index is 0.0130. The number of rotatable bonds is 6. The summed E-state index contributed by atoms with van der Waals surface area (Å²) < 4.78 is 7.31. The summed E-state index contributed by atoms with van der Waals surface area (Å²) in [5.74, 6) is 1.28. The summed E-state index contributed by atoms with van der Waals surface area (Å²) in [5.41, 5.74) is 1.27. The molecular weight excluding hydrogens is 424 g/mol. The van der Waals surface area contributed by atoms with Gasteiger partial charge in [0, 0.05) is 16.3 Å². The molecule has 9 heteroatoms. The van der Waals surface area contributed by atoms with Gasteiger partial charge in [0.05, 0.1) is 24.6 Å². The van der Waals surface area contributed by atoms with Gasteiger partial charge in [-0.1, -0.05) is 17.8 Å². The molecule has 0 saturated carbocycles. The molecule has 1 amide bonds. The molecule has 148 valence electrons. The van der Waals surface area contributed by atoms with Gasteiger partial charge >= 0.3 is 0 Å². The predicted molar refractivity (Wildman–Crippen MR) is 114 cm³/mol. The van der Waals surface area contributed by atoms with Crippen LogP contribution in [0.5, 0.6) is 0 Å². The first-order valence-corrected chi connectivity index (χ1v) is 12.0. The number of amides is 1. The molecule has 4 aromatic heterocycles. The Morgan fingerprint density at radius 1 is 1.24 bits per heavy atom. The molecule has 6 nitrogen and oxygen atoms in total. The van der Waals surface area contributed by atoms with Gasteiger partial charge in [-0.3, -0.25) is 4.79 Å². The van der Waals surface area contributed by atoms with Gasteiger partial charge in [-0.25, -0.2) is 0 Å². The van der Waals surface area contributed by atoms with E-state index in [4.69, 9.17) is 4.42 Å². The lowest BCUT2D eigenvalue weighted by Gasteiger charge is -2.35. The minimum absolute atomic E-state index is 0.0130. The quantitative estimate of drug-likeness (QED) is 0.417. The molecule has 1 atom stereocenters. The Morgan fingerprint density at radius 2 is 2.21 bits per heavy atom. The van der Waals surface area contributed by atoms with E-state index >= 15 is 0 Å². The molecule has 0 spiro atoms. The Morgan fingerprint density at radius 3 is 3.03 bits per heavy atom. The molecule has 29 heavy (non-hydrogen) atoms. The maximum absolute atomic E-state index is 13.2. The van der Waals surface area contributed by atoms with Gasteiger partial charge in [-0.2, -0.15) is 0 Å². The predicted octanol–water partition coefficient (Wildman–Crippen LogP) is 4.31. The lowest BCUT2D eigenvalue weighted by atomic mass is 9.98. The van der Waals surface area contributed by atoms with Gasteiger partial charge in [0.15, 0.2) is 5.16 Å². The number of carbonyl (C=O) groups is 1. The third kappa shape index (κ3) is 3.77. The SMILES string of the molecule is O=C(CSc1nncn1Cc1ccco1)N1CCc2sccc2C1c1cccs1. The Bertz CT molecular complexity index is 1090. The fourth-order valence-corrected chi connectivity index (χ4v) is 6.14. The van der Waals surface area contributed by atoms with Gasteiger partial charge in [-0.15, -0.1) is 32.9 Å². The molecule has 0 N–H and O–H groups in total. The van der Waals surface area contributed by atoms with E-state index in [1.54, 1.807) is 35.3 Å². The van der Waals surface area contributed by atoms with E-state index in [-0.39, 0.29) is 11.9 Å². The summed E-state index contributed by atoms with van der Waals surface area (Å²) in [4.78, 5) is 17.8. The molecule has 0 radical (unpaired) electrons. The van der Waals surface area contributed by atoms with E-state index in [2.05, 4.69) is 39.2 Å². The van der Waals surface area contributed by atoms with E-state index in [0.29, 0.717) is 12.3 Å². The zero-order chi connectivity index (χ0) is 19.6. The average molecular weight is 443 g/mol. The minimum Gasteiger partial charge on any atom is -0.467 e. The largest absolute Gasteiger partial charge is 0.467 e. The van der Waals surface area contributed by atoms with Crippen LogP contribution in [0.2, 0.25) is 0 Å². The lowest BCUT2D eigenvalue weighted by molar-refractivity contribution is -0.130. The molecule has 0 fully saturated rings. The molecule has 0 aromatic carbocycles. The van der Waals surface area contributed by atoms with Crippen molar-refractivity contribution in [1.29, 1.82) is 0 Å². The monoisotopic (exact) mass is 442 g/mol. The highest BCUT2D eigenvalue weighted by atomic mass is 32.2. The van der Waals surface area contributed by atoms with Crippen LogP contribution in [0.3, 0.4) is 0 Å². The van der Waals surface area contributed by atoms with Crippen LogP contribution in [0.15, 0.2) is 63.3 Å². The number of thiophene rings is 2. The van der Waals surface area contributed by atoms with Crippen LogP contribution in [-0.4, -0.2) is 37.9 Å². The summed E-state index contributed by atoms with van der Waals surface area (Å²) in [6, 6.07) is 10.1. The van der Waals surface area contributed by atoms with Crippen LogP contribution in [-0.2, 0) is 17.8 Å². The smallest absolute Gasteiger partial charge is 0.233 e. The van der Waals surface area contributed by atoms with Crippen molar-refractivity contribution in [1.82, 2.24) is 19.7 Å². The Kier molecular flexibility index (Phi) is 5.26. The number of hydrogen-bond acceptors (Lipinski definition) is 7. The highest BCUT2D eigenvalue weighted by molar-refractivity contribution is 7.99. The molecule has 0 saturated heterocycles. The zero-order valence-electron chi connectivity index (χ0n) is 15.4. The van der Waals surface area contributed by atoms with Crippen molar-refractivity contribution in [3.63, 3.8) is 0 Å². The molecular formula is C20H18N4O2S3. The summed E-state index contributed by atoms with van der Waals surface area (Å²) in [6.07, 6.45) is 4.23. The number of fused-ring (bicyclic) bond motifs is 1. The fourth-order valence-electron chi connectivity index (χ4n) is 3.58. The van der Waals surface area contributed by atoms with Crippen LogP contribution in [0.1, 0.15) is 27.1 Å². The van der Waals surface area contributed by atoms with E-state index in [9.17, 15) is 4.79 Å². The second kappa shape index (κ2) is 8.17. The maximum atomic E-state index is 13.2. The van der Waals surface area contributed by atoms with Gasteiger partial charge in [-0.05, 0) is 47.0 Å². The van der Waals surface area contributed by atoms with Gasteiger partial charge in [0.1, 0.15) is 12.1 Å². The third-order valence-electron chi connectivity index (χ3n) is 4.91. The van der Waals surface area contributed by atoms with Crippen molar-refractivity contribution < 1.29 is 9.21 Å². The number of furan rings is 1. The van der Waals surface area contributed by atoms with E-state index in [0.717, 1.165) is 23.9 Å². The normalized spacial score (nSPS) is 16.1. The number of aromatic nitrogens is 3. The third-order valence-corrected chi connectivity index (χ3v) is 7.80. The highest BCUT2D eigenvalue weighted by Crippen LogP contribution is 2.39. The second-order valence-corrected chi connectivity index (χ2v) is 9.59. The number of carbonyl (C=O) groups excluding carboxylic acids is 1. The fraction of sp³-hybridized carbons (Fsp3) is 0.250. The Labute approximate surface area is 180 Å². The number of thioether (sulfide) groups is 1. The first-order valence-electron chi connectivity index (χ1n) is 9.21. The molecule has 4 aromatic rings. The van der Waals surface area contributed by atoms with Crippen molar-refractivity contribution in [2.45, 2.75) is 24.2 Å². The molecule has 0 bridgehead atoms. The number of nitrogens with zero attached hydrogens (tertiary/aromatic N) is 4. The van der Waals surface area contributed by atoms with E-state index < -0.39 is 0 Å². The van der Waals surface area contributed by atoms with Gasteiger partial charge < -0.3 is 13.9 Å². The van der Waals surface area contributed by atoms with E-state index in [1.165, 1.54) is 27.1 Å². The van der Waals surface area contributed by atoms with Crippen molar-refractivity contribution >= 4 is 40.3 Å².